The van der Waals surface area contributed by atoms with Gasteiger partial charge in [0.15, 0.2) is 0 Å². The van der Waals surface area contributed by atoms with Gasteiger partial charge in [-0.1, -0.05) is 40.5 Å². The summed E-state index contributed by atoms with van der Waals surface area (Å²) in [5.41, 5.74) is 2.85. The van der Waals surface area contributed by atoms with Crippen LogP contribution in [-0.2, 0) is 0 Å². The number of nitrogens with zero attached hydrogens (tertiary/aromatic N) is 3. The summed E-state index contributed by atoms with van der Waals surface area (Å²) in [4.78, 5) is 17.4. The Morgan fingerprint density at radius 3 is 2.57 bits per heavy atom. The van der Waals surface area contributed by atoms with Gasteiger partial charge in [0.25, 0.3) is 5.91 Å². The molecule has 0 spiro atoms. The Balaban J connectivity index is 1.60. The van der Waals surface area contributed by atoms with Gasteiger partial charge in [-0.15, -0.1) is 0 Å². The van der Waals surface area contributed by atoms with Crippen LogP contribution in [-0.4, -0.2) is 41.6 Å². The molecule has 0 N–H and O–H groups in total. The molecule has 156 valence electrons. The minimum absolute atomic E-state index is 0.0886. The Morgan fingerprint density at radius 1 is 1.17 bits per heavy atom. The number of anilines is 1. The summed E-state index contributed by atoms with van der Waals surface area (Å²) in [6.07, 6.45) is 0. The Morgan fingerprint density at radius 2 is 1.90 bits per heavy atom. The highest BCUT2D eigenvalue weighted by Gasteiger charge is 2.32. The Labute approximate surface area is 180 Å². The molecule has 0 bridgehead atoms. The van der Waals surface area contributed by atoms with Gasteiger partial charge in [0.2, 0.25) is 0 Å². The van der Waals surface area contributed by atoms with Crippen molar-refractivity contribution >= 4 is 23.2 Å². The standard InChI is InChI=1S/C23H23ClFN3O2/c1-14-7-9-17(10-8-14)28-12-11-27(13-15(28)2)23(29)20-16(3)30-26-22(20)21-18(24)5-4-6-19(21)25/h4-10,15H,11-13H2,1-3H3. The van der Waals surface area contributed by atoms with Gasteiger partial charge < -0.3 is 14.3 Å². The van der Waals surface area contributed by atoms with E-state index in [1.807, 2.05) is 0 Å². The second-order valence-electron chi connectivity index (χ2n) is 7.69. The number of rotatable bonds is 3. The highest BCUT2D eigenvalue weighted by atomic mass is 35.5. The first-order valence-electron chi connectivity index (χ1n) is 9.90. The topological polar surface area (TPSA) is 49.6 Å². The van der Waals surface area contributed by atoms with Gasteiger partial charge in [-0.25, -0.2) is 4.39 Å². The molecule has 1 amide bonds. The van der Waals surface area contributed by atoms with Crippen LogP contribution in [0.5, 0.6) is 0 Å². The summed E-state index contributed by atoms with van der Waals surface area (Å²) < 4.78 is 19.7. The monoisotopic (exact) mass is 427 g/mol. The molecule has 1 saturated heterocycles. The van der Waals surface area contributed by atoms with Gasteiger partial charge in [0.05, 0.1) is 10.6 Å². The molecule has 7 heteroatoms. The van der Waals surface area contributed by atoms with Crippen molar-refractivity contribution in [2.75, 3.05) is 24.5 Å². The molecule has 4 rings (SSSR count). The predicted octanol–water partition coefficient (Wildman–Crippen LogP) is 5.10. The number of aryl methyl sites for hydroxylation is 2. The summed E-state index contributed by atoms with van der Waals surface area (Å²) in [5.74, 6) is -0.413. The molecule has 1 atom stereocenters. The number of halogens is 2. The van der Waals surface area contributed by atoms with Crippen LogP contribution in [0.25, 0.3) is 11.3 Å². The first-order chi connectivity index (χ1) is 14.4. The molecule has 3 aromatic rings. The summed E-state index contributed by atoms with van der Waals surface area (Å²) in [5, 5.41) is 4.15. The molecule has 1 fully saturated rings. The predicted molar refractivity (Wildman–Crippen MR) is 116 cm³/mol. The van der Waals surface area contributed by atoms with Crippen LogP contribution >= 0.6 is 11.6 Å². The maximum absolute atomic E-state index is 14.5. The van der Waals surface area contributed by atoms with Crippen LogP contribution in [0.3, 0.4) is 0 Å². The third-order valence-electron chi connectivity index (χ3n) is 5.56. The van der Waals surface area contributed by atoms with E-state index in [9.17, 15) is 9.18 Å². The van der Waals surface area contributed by atoms with E-state index in [0.29, 0.717) is 25.4 Å². The van der Waals surface area contributed by atoms with Gasteiger partial charge in [0, 0.05) is 31.4 Å². The van der Waals surface area contributed by atoms with Crippen molar-refractivity contribution in [3.05, 3.63) is 70.2 Å². The highest BCUT2D eigenvalue weighted by molar-refractivity contribution is 6.33. The van der Waals surface area contributed by atoms with E-state index in [-0.39, 0.29) is 33.8 Å². The minimum atomic E-state index is -0.539. The molecule has 0 radical (unpaired) electrons. The molecular formula is C23H23ClFN3O2. The molecule has 5 nitrogen and oxygen atoms in total. The number of hydrogen-bond donors (Lipinski definition) is 0. The molecular weight excluding hydrogens is 405 g/mol. The maximum atomic E-state index is 14.5. The first kappa shape index (κ1) is 20.4. The molecule has 2 heterocycles. The number of benzene rings is 2. The number of carbonyl (C=O) groups excluding carboxylic acids is 1. The van der Waals surface area contributed by atoms with Gasteiger partial charge in [-0.2, -0.15) is 0 Å². The van der Waals surface area contributed by atoms with Crippen LogP contribution in [0.2, 0.25) is 5.02 Å². The second kappa shape index (κ2) is 8.11. The molecule has 1 aromatic heterocycles. The lowest BCUT2D eigenvalue weighted by atomic mass is 10.0. The van der Waals surface area contributed by atoms with Crippen LogP contribution in [0, 0.1) is 19.7 Å². The third kappa shape index (κ3) is 3.67. The second-order valence-corrected chi connectivity index (χ2v) is 8.10. The van der Waals surface area contributed by atoms with E-state index < -0.39 is 5.82 Å². The van der Waals surface area contributed by atoms with E-state index in [1.54, 1.807) is 17.9 Å². The van der Waals surface area contributed by atoms with Gasteiger partial charge in [0.1, 0.15) is 22.8 Å². The van der Waals surface area contributed by atoms with E-state index in [4.69, 9.17) is 16.1 Å². The zero-order chi connectivity index (χ0) is 21.4. The molecule has 1 unspecified atom stereocenters. The van der Waals surface area contributed by atoms with Crippen molar-refractivity contribution in [1.29, 1.82) is 0 Å². The summed E-state index contributed by atoms with van der Waals surface area (Å²) >= 11 is 6.20. The van der Waals surface area contributed by atoms with Crippen molar-refractivity contribution in [1.82, 2.24) is 10.1 Å². The molecule has 1 aliphatic rings. The normalized spacial score (nSPS) is 16.8. The third-order valence-corrected chi connectivity index (χ3v) is 5.87. The first-order valence-corrected chi connectivity index (χ1v) is 10.3. The molecule has 1 aliphatic heterocycles. The van der Waals surface area contributed by atoms with Crippen molar-refractivity contribution in [2.24, 2.45) is 0 Å². The smallest absolute Gasteiger partial charge is 0.259 e. The fourth-order valence-electron chi connectivity index (χ4n) is 3.94. The fourth-order valence-corrected chi connectivity index (χ4v) is 4.19. The Kier molecular flexibility index (Phi) is 5.52. The molecule has 2 aromatic carbocycles. The van der Waals surface area contributed by atoms with E-state index in [0.717, 1.165) is 5.69 Å². The lowest BCUT2D eigenvalue weighted by Gasteiger charge is -2.41. The van der Waals surface area contributed by atoms with Gasteiger partial charge in [-0.3, -0.25) is 4.79 Å². The Hall–Kier alpha value is -2.86. The number of piperazine rings is 1. The van der Waals surface area contributed by atoms with Crippen molar-refractivity contribution in [3.63, 3.8) is 0 Å². The van der Waals surface area contributed by atoms with Crippen LogP contribution in [0.4, 0.5) is 10.1 Å². The van der Waals surface area contributed by atoms with Gasteiger partial charge >= 0.3 is 0 Å². The van der Waals surface area contributed by atoms with Crippen molar-refractivity contribution in [3.8, 4) is 11.3 Å². The number of hydrogen-bond acceptors (Lipinski definition) is 4. The summed E-state index contributed by atoms with van der Waals surface area (Å²) in [6.45, 7) is 7.60. The fraction of sp³-hybridized carbons (Fsp3) is 0.304. The molecule has 0 saturated carbocycles. The molecule has 0 aliphatic carbocycles. The lowest BCUT2D eigenvalue weighted by Crippen LogP contribution is -2.53. The van der Waals surface area contributed by atoms with Crippen molar-refractivity contribution in [2.45, 2.75) is 26.8 Å². The summed E-state index contributed by atoms with van der Waals surface area (Å²) in [7, 11) is 0. The minimum Gasteiger partial charge on any atom is -0.365 e. The van der Waals surface area contributed by atoms with Gasteiger partial charge in [-0.05, 0) is 45.0 Å². The zero-order valence-electron chi connectivity index (χ0n) is 17.2. The SMILES string of the molecule is Cc1ccc(N2CCN(C(=O)c3c(-c4c(F)cccc4Cl)noc3C)CC2C)cc1. The average molecular weight is 428 g/mol. The van der Waals surface area contributed by atoms with E-state index in [1.165, 1.54) is 17.7 Å². The van der Waals surface area contributed by atoms with Crippen molar-refractivity contribution < 1.29 is 13.7 Å². The maximum Gasteiger partial charge on any atom is 0.259 e. The van der Waals surface area contributed by atoms with Crippen LogP contribution in [0.15, 0.2) is 47.0 Å². The quantitative estimate of drug-likeness (QED) is 0.583. The molecule has 30 heavy (non-hydrogen) atoms. The largest absolute Gasteiger partial charge is 0.365 e. The number of carbonyl (C=O) groups is 1. The van der Waals surface area contributed by atoms with Crippen LogP contribution < -0.4 is 4.90 Å². The number of aromatic nitrogens is 1. The average Bonchev–Trinajstić information content (AvgIpc) is 3.09. The van der Waals surface area contributed by atoms with E-state index >= 15 is 0 Å². The van der Waals surface area contributed by atoms with Crippen LogP contribution in [0.1, 0.15) is 28.6 Å². The lowest BCUT2D eigenvalue weighted by molar-refractivity contribution is 0.0725. The highest BCUT2D eigenvalue weighted by Crippen LogP contribution is 2.34. The van der Waals surface area contributed by atoms with E-state index in [2.05, 4.69) is 48.2 Å². The summed E-state index contributed by atoms with van der Waals surface area (Å²) in [6, 6.07) is 12.9. The zero-order valence-corrected chi connectivity index (χ0v) is 17.9. The number of amides is 1. The Bertz CT molecular complexity index is 1060.